The van der Waals surface area contributed by atoms with Gasteiger partial charge in [0.2, 0.25) is 5.91 Å². The molecule has 1 atom stereocenters. The molecule has 2 aromatic heterocycles. The van der Waals surface area contributed by atoms with Gasteiger partial charge in [0.1, 0.15) is 0 Å². The number of carbonyl (C=O) groups is 1. The summed E-state index contributed by atoms with van der Waals surface area (Å²) in [5, 5.41) is 11.4. The Morgan fingerprint density at radius 3 is 3.00 bits per heavy atom. The highest BCUT2D eigenvalue weighted by Crippen LogP contribution is 2.27. The van der Waals surface area contributed by atoms with Crippen molar-refractivity contribution < 1.29 is 4.79 Å². The summed E-state index contributed by atoms with van der Waals surface area (Å²) in [4.78, 5) is 14.5. The molecule has 2 aromatic rings. The third-order valence-electron chi connectivity index (χ3n) is 4.52. The lowest BCUT2D eigenvalue weighted by atomic mass is 9.93. The van der Waals surface area contributed by atoms with E-state index in [-0.39, 0.29) is 5.91 Å². The van der Waals surface area contributed by atoms with E-state index < -0.39 is 0 Å². The van der Waals surface area contributed by atoms with Gasteiger partial charge in [-0.05, 0) is 38.3 Å². The topological polar surface area (TPSA) is 66.8 Å². The third kappa shape index (κ3) is 3.05. The fourth-order valence-electron chi connectivity index (χ4n) is 3.20. The lowest BCUT2D eigenvalue weighted by Gasteiger charge is -2.32. The van der Waals surface area contributed by atoms with Gasteiger partial charge in [0.05, 0.1) is 6.20 Å². The maximum absolute atomic E-state index is 12.5. The van der Waals surface area contributed by atoms with Crippen molar-refractivity contribution in [1.82, 2.24) is 24.9 Å². The van der Waals surface area contributed by atoms with Crippen molar-refractivity contribution in [3.05, 3.63) is 35.4 Å². The van der Waals surface area contributed by atoms with Gasteiger partial charge in [-0.25, -0.2) is 0 Å². The van der Waals surface area contributed by atoms with Gasteiger partial charge in [0.15, 0.2) is 0 Å². The first kappa shape index (κ1) is 14.8. The quantitative estimate of drug-likeness (QED) is 0.939. The van der Waals surface area contributed by atoms with Crippen LogP contribution in [-0.2, 0) is 11.3 Å². The minimum atomic E-state index is 0.219. The van der Waals surface area contributed by atoms with E-state index in [2.05, 4.69) is 22.2 Å². The van der Waals surface area contributed by atoms with Crippen LogP contribution in [0.25, 0.3) is 0 Å². The van der Waals surface area contributed by atoms with E-state index in [0.717, 1.165) is 31.6 Å². The molecular formula is C16H23N5O. The Morgan fingerprint density at radius 1 is 1.45 bits per heavy atom. The van der Waals surface area contributed by atoms with E-state index in [1.165, 1.54) is 11.3 Å². The molecule has 0 radical (unpaired) electrons. The average molecular weight is 301 g/mol. The summed E-state index contributed by atoms with van der Waals surface area (Å²) in [6.45, 7) is 6.39. The second-order valence-corrected chi connectivity index (χ2v) is 6.09. The fourth-order valence-corrected chi connectivity index (χ4v) is 3.20. The van der Waals surface area contributed by atoms with Gasteiger partial charge in [-0.1, -0.05) is 0 Å². The van der Waals surface area contributed by atoms with Crippen LogP contribution in [0, 0.1) is 13.8 Å². The van der Waals surface area contributed by atoms with Gasteiger partial charge in [-0.3, -0.25) is 14.6 Å². The zero-order valence-corrected chi connectivity index (χ0v) is 13.2. The Balaban J connectivity index is 1.58. The molecule has 1 aliphatic heterocycles. The second-order valence-electron chi connectivity index (χ2n) is 6.09. The molecule has 0 aliphatic carbocycles. The predicted octanol–water partition coefficient (Wildman–Crippen LogP) is 2.02. The van der Waals surface area contributed by atoms with Gasteiger partial charge >= 0.3 is 0 Å². The van der Waals surface area contributed by atoms with Crippen LogP contribution < -0.4 is 0 Å². The highest BCUT2D eigenvalue weighted by Gasteiger charge is 2.26. The number of carbonyl (C=O) groups excluding carboxylic acids is 1. The molecule has 22 heavy (non-hydrogen) atoms. The monoisotopic (exact) mass is 301 g/mol. The molecule has 6 nitrogen and oxygen atoms in total. The number of hydrogen-bond donors (Lipinski definition) is 1. The summed E-state index contributed by atoms with van der Waals surface area (Å²) in [5.41, 5.74) is 3.46. The number of aryl methyl sites for hydroxylation is 3. The number of likely N-dealkylation sites (tertiary alicyclic amines) is 1. The zero-order chi connectivity index (χ0) is 15.5. The van der Waals surface area contributed by atoms with E-state index in [0.29, 0.717) is 18.9 Å². The first-order valence-corrected chi connectivity index (χ1v) is 7.91. The van der Waals surface area contributed by atoms with Gasteiger partial charge in [-0.15, -0.1) is 0 Å². The first-order chi connectivity index (χ1) is 10.6. The maximum Gasteiger partial charge on any atom is 0.224 e. The van der Waals surface area contributed by atoms with E-state index in [9.17, 15) is 4.79 Å². The lowest BCUT2D eigenvalue weighted by Crippen LogP contribution is -2.39. The largest absolute Gasteiger partial charge is 0.342 e. The number of nitrogens with zero attached hydrogens (tertiary/aromatic N) is 4. The number of aromatic amines is 1. The number of piperidine rings is 1. The van der Waals surface area contributed by atoms with Crippen molar-refractivity contribution in [1.29, 1.82) is 0 Å². The standard InChI is InChI=1S/C16H23N5O/c1-12-10-17-19-16(12)14-4-3-8-20(11-14)15(22)6-9-21-13(2)5-7-18-21/h5,7,10,14H,3-4,6,8-9,11H2,1-2H3,(H,17,19)/t14-/m0/s1. The Hall–Kier alpha value is -2.11. The predicted molar refractivity (Wildman–Crippen MR) is 83.5 cm³/mol. The summed E-state index contributed by atoms with van der Waals surface area (Å²) in [6, 6.07) is 1.96. The minimum Gasteiger partial charge on any atom is -0.342 e. The molecule has 0 bridgehead atoms. The number of rotatable bonds is 4. The molecule has 1 saturated heterocycles. The van der Waals surface area contributed by atoms with Gasteiger partial charge in [-0.2, -0.15) is 10.2 Å². The van der Waals surface area contributed by atoms with Crippen LogP contribution in [0.5, 0.6) is 0 Å². The van der Waals surface area contributed by atoms with Crippen molar-refractivity contribution in [3.63, 3.8) is 0 Å². The lowest BCUT2D eigenvalue weighted by molar-refractivity contribution is -0.132. The molecule has 1 amide bonds. The number of nitrogens with one attached hydrogen (secondary N) is 1. The number of amides is 1. The van der Waals surface area contributed by atoms with Gasteiger partial charge in [0.25, 0.3) is 0 Å². The van der Waals surface area contributed by atoms with Crippen molar-refractivity contribution in [2.45, 2.75) is 45.6 Å². The van der Waals surface area contributed by atoms with Gasteiger partial charge in [0, 0.05) is 49.6 Å². The Labute approximate surface area is 130 Å². The molecule has 0 unspecified atom stereocenters. The zero-order valence-electron chi connectivity index (χ0n) is 13.2. The van der Waals surface area contributed by atoms with Crippen LogP contribution in [0.3, 0.4) is 0 Å². The van der Waals surface area contributed by atoms with E-state index in [1.54, 1.807) is 6.20 Å². The van der Waals surface area contributed by atoms with Crippen LogP contribution in [-0.4, -0.2) is 43.9 Å². The summed E-state index contributed by atoms with van der Waals surface area (Å²) in [6.07, 6.45) is 6.31. The maximum atomic E-state index is 12.5. The van der Waals surface area contributed by atoms with Crippen molar-refractivity contribution in [3.8, 4) is 0 Å². The van der Waals surface area contributed by atoms with Crippen LogP contribution in [0.15, 0.2) is 18.5 Å². The van der Waals surface area contributed by atoms with E-state index >= 15 is 0 Å². The average Bonchev–Trinajstić information content (AvgIpc) is 3.13. The van der Waals surface area contributed by atoms with E-state index in [4.69, 9.17) is 0 Å². The van der Waals surface area contributed by atoms with Crippen LogP contribution in [0.1, 0.15) is 42.1 Å². The summed E-state index contributed by atoms with van der Waals surface area (Å²) < 4.78 is 1.89. The molecule has 6 heteroatoms. The molecule has 1 N–H and O–H groups in total. The molecule has 3 heterocycles. The fraction of sp³-hybridized carbons (Fsp3) is 0.562. The Bertz CT molecular complexity index is 645. The Morgan fingerprint density at radius 2 is 2.32 bits per heavy atom. The minimum absolute atomic E-state index is 0.219. The molecule has 0 saturated carbocycles. The highest BCUT2D eigenvalue weighted by molar-refractivity contribution is 5.76. The summed E-state index contributed by atoms with van der Waals surface area (Å²) in [7, 11) is 0. The number of aromatic nitrogens is 4. The molecular weight excluding hydrogens is 278 g/mol. The third-order valence-corrected chi connectivity index (χ3v) is 4.52. The SMILES string of the molecule is Cc1cn[nH]c1[C@H]1CCCN(C(=O)CCn2nccc2C)C1. The molecule has 0 spiro atoms. The molecule has 118 valence electrons. The van der Waals surface area contributed by atoms with Crippen LogP contribution >= 0.6 is 0 Å². The van der Waals surface area contributed by atoms with Crippen molar-refractivity contribution in [2.24, 2.45) is 0 Å². The van der Waals surface area contributed by atoms with Crippen LogP contribution in [0.2, 0.25) is 0 Å². The summed E-state index contributed by atoms with van der Waals surface area (Å²) >= 11 is 0. The summed E-state index contributed by atoms with van der Waals surface area (Å²) in [5.74, 6) is 0.600. The van der Waals surface area contributed by atoms with E-state index in [1.807, 2.05) is 28.8 Å². The van der Waals surface area contributed by atoms with Crippen LogP contribution in [0.4, 0.5) is 0 Å². The van der Waals surface area contributed by atoms with Crippen molar-refractivity contribution in [2.75, 3.05) is 13.1 Å². The number of hydrogen-bond acceptors (Lipinski definition) is 3. The Kier molecular flexibility index (Phi) is 4.27. The molecule has 0 aromatic carbocycles. The number of H-pyrrole nitrogens is 1. The molecule has 1 fully saturated rings. The smallest absolute Gasteiger partial charge is 0.224 e. The van der Waals surface area contributed by atoms with Gasteiger partial charge < -0.3 is 4.90 Å². The highest BCUT2D eigenvalue weighted by atomic mass is 16.2. The van der Waals surface area contributed by atoms with Crippen molar-refractivity contribution >= 4 is 5.91 Å². The first-order valence-electron chi connectivity index (χ1n) is 7.91. The molecule has 3 rings (SSSR count). The molecule has 1 aliphatic rings. The normalized spacial score (nSPS) is 18.6. The second kappa shape index (κ2) is 6.34.